The summed E-state index contributed by atoms with van der Waals surface area (Å²) in [7, 11) is 0. The van der Waals surface area contributed by atoms with Crippen molar-refractivity contribution in [3.8, 4) is 0 Å². The molecule has 0 amide bonds. The number of benzene rings is 1. The molecule has 2 N–H and O–H groups in total. The minimum absolute atomic E-state index is 0. The topological polar surface area (TPSA) is 41.5 Å². The fourth-order valence-electron chi connectivity index (χ4n) is 3.10. The Morgan fingerprint density at radius 3 is 2.07 bits per heavy atom. The van der Waals surface area contributed by atoms with Crippen LogP contribution in [0, 0.1) is 5.92 Å². The summed E-state index contributed by atoms with van der Waals surface area (Å²) >= 11 is 0. The lowest BCUT2D eigenvalue weighted by Crippen LogP contribution is -2.43. The molecule has 0 saturated heterocycles. The Kier molecular flexibility index (Phi) is 14.5. The zero-order valence-corrected chi connectivity index (χ0v) is 20.6. The molecule has 3 nitrogen and oxygen atoms in total. The highest BCUT2D eigenvalue weighted by Crippen LogP contribution is 2.26. The van der Waals surface area contributed by atoms with Crippen LogP contribution in [0.3, 0.4) is 0 Å². The third kappa shape index (κ3) is 11.2. The molecule has 3 heteroatoms. The van der Waals surface area contributed by atoms with Gasteiger partial charge in [0.05, 0.1) is 12.2 Å². The van der Waals surface area contributed by atoms with Crippen LogP contribution >= 0.6 is 0 Å². The zero-order valence-electron chi connectivity index (χ0n) is 20.6. The number of ether oxygens (including phenoxy) is 1. The smallest absolute Gasteiger partial charge is 0.0681 e. The molecular weight excluding hydrogens is 358 g/mol. The summed E-state index contributed by atoms with van der Waals surface area (Å²) in [6.07, 6.45) is 6.78. The van der Waals surface area contributed by atoms with Crippen LogP contribution in [0.5, 0.6) is 0 Å². The molecule has 0 spiro atoms. The Morgan fingerprint density at radius 1 is 1.00 bits per heavy atom. The van der Waals surface area contributed by atoms with Gasteiger partial charge in [0.2, 0.25) is 0 Å². The van der Waals surface area contributed by atoms with E-state index in [0.717, 1.165) is 50.3 Å². The molecule has 0 aliphatic carbocycles. The van der Waals surface area contributed by atoms with Crippen LogP contribution in [0.25, 0.3) is 0 Å². The van der Waals surface area contributed by atoms with E-state index in [4.69, 9.17) is 9.84 Å². The highest BCUT2D eigenvalue weighted by Gasteiger charge is 2.26. The van der Waals surface area contributed by atoms with Crippen LogP contribution in [0.2, 0.25) is 0 Å². The van der Waals surface area contributed by atoms with Crippen molar-refractivity contribution in [2.24, 2.45) is 5.92 Å². The highest BCUT2D eigenvalue weighted by molar-refractivity contribution is 5.22. The number of hydrogen-bond donors (Lipinski definition) is 2. The molecule has 1 aromatic rings. The SMILES string of the molecule is CC.CCC(C)CCC(C)(CC)OCCC(C)(CC)NCc1ccc(CO)cc1.[HH]. The molecule has 172 valence electrons. The molecule has 0 aromatic heterocycles. The Labute approximate surface area is 183 Å². The van der Waals surface area contributed by atoms with E-state index in [-0.39, 0.29) is 19.2 Å². The minimum atomic E-state index is -0.00178. The standard InChI is InChI=1S/C24H43NO2.C2H6.H2/c1-7-20(4)14-15-24(6,9-3)27-17-16-23(5,8-2)25-18-21-10-12-22(19-26)13-11-21;1-2;/h10-13,20,25-26H,7-9,14-19H2,1-6H3;1-2H3;1H. The van der Waals surface area contributed by atoms with Crippen molar-refractivity contribution in [3.63, 3.8) is 0 Å². The molecule has 1 aromatic carbocycles. The predicted octanol–water partition coefficient (Wildman–Crippen LogP) is 7.11. The summed E-state index contributed by atoms with van der Waals surface area (Å²) in [5.74, 6) is 0.777. The summed E-state index contributed by atoms with van der Waals surface area (Å²) in [6.45, 7) is 19.4. The summed E-state index contributed by atoms with van der Waals surface area (Å²) in [5, 5.41) is 12.9. The van der Waals surface area contributed by atoms with Gasteiger partial charge >= 0.3 is 0 Å². The lowest BCUT2D eigenvalue weighted by Gasteiger charge is -2.34. The summed E-state index contributed by atoms with van der Waals surface area (Å²) in [4.78, 5) is 0. The number of aliphatic hydroxyl groups excluding tert-OH is 1. The summed E-state index contributed by atoms with van der Waals surface area (Å²) in [5.41, 5.74) is 2.28. The summed E-state index contributed by atoms with van der Waals surface area (Å²) in [6, 6.07) is 8.17. The minimum Gasteiger partial charge on any atom is -0.392 e. The van der Waals surface area contributed by atoms with Gasteiger partial charge in [0.25, 0.3) is 0 Å². The fourth-order valence-corrected chi connectivity index (χ4v) is 3.10. The second-order valence-corrected chi connectivity index (χ2v) is 8.70. The molecular formula is C26H51NO2. The number of hydrogen-bond acceptors (Lipinski definition) is 3. The van der Waals surface area contributed by atoms with Gasteiger partial charge in [0, 0.05) is 20.1 Å². The van der Waals surface area contributed by atoms with Crippen LogP contribution in [0.4, 0.5) is 0 Å². The Hall–Kier alpha value is -0.900. The first-order valence-electron chi connectivity index (χ1n) is 11.9. The number of rotatable bonds is 14. The van der Waals surface area contributed by atoms with E-state index in [1.807, 2.05) is 26.0 Å². The molecule has 0 aliphatic heterocycles. The van der Waals surface area contributed by atoms with Crippen LogP contribution in [-0.2, 0) is 17.9 Å². The van der Waals surface area contributed by atoms with Gasteiger partial charge in [-0.05, 0) is 63.0 Å². The molecule has 3 unspecified atom stereocenters. The first-order chi connectivity index (χ1) is 13.8. The van der Waals surface area contributed by atoms with E-state index in [0.29, 0.717) is 0 Å². The van der Waals surface area contributed by atoms with E-state index >= 15 is 0 Å². The average molecular weight is 410 g/mol. The number of aliphatic hydroxyl groups is 1. The van der Waals surface area contributed by atoms with Gasteiger partial charge in [-0.25, -0.2) is 0 Å². The van der Waals surface area contributed by atoms with Gasteiger partial charge in [0.15, 0.2) is 0 Å². The quantitative estimate of drug-likeness (QED) is 0.344. The average Bonchev–Trinajstić information content (AvgIpc) is 2.77. The van der Waals surface area contributed by atoms with E-state index in [2.05, 4.69) is 59.0 Å². The first-order valence-corrected chi connectivity index (χ1v) is 11.9. The molecule has 0 fully saturated rings. The third-order valence-electron chi connectivity index (χ3n) is 6.42. The van der Waals surface area contributed by atoms with Gasteiger partial charge < -0.3 is 15.2 Å². The molecule has 0 heterocycles. The van der Waals surface area contributed by atoms with Crippen molar-refractivity contribution in [2.45, 2.75) is 118 Å². The lowest BCUT2D eigenvalue weighted by molar-refractivity contribution is -0.0512. The van der Waals surface area contributed by atoms with E-state index < -0.39 is 0 Å². The summed E-state index contributed by atoms with van der Waals surface area (Å²) < 4.78 is 6.39. The fraction of sp³-hybridized carbons (Fsp3) is 0.769. The van der Waals surface area contributed by atoms with Crippen LogP contribution in [0.15, 0.2) is 24.3 Å². The van der Waals surface area contributed by atoms with Crippen molar-refractivity contribution < 1.29 is 11.3 Å². The number of nitrogens with one attached hydrogen (secondary N) is 1. The van der Waals surface area contributed by atoms with E-state index in [1.54, 1.807) is 0 Å². The van der Waals surface area contributed by atoms with Crippen molar-refractivity contribution in [1.29, 1.82) is 0 Å². The maximum absolute atomic E-state index is 9.16. The molecule has 0 aliphatic rings. The molecule has 0 bridgehead atoms. The van der Waals surface area contributed by atoms with E-state index in [1.165, 1.54) is 18.4 Å². The monoisotopic (exact) mass is 409 g/mol. The van der Waals surface area contributed by atoms with Crippen LogP contribution in [0.1, 0.15) is 106 Å². The van der Waals surface area contributed by atoms with E-state index in [9.17, 15) is 0 Å². The van der Waals surface area contributed by atoms with Crippen molar-refractivity contribution in [2.75, 3.05) is 6.61 Å². The van der Waals surface area contributed by atoms with Crippen molar-refractivity contribution in [1.82, 2.24) is 5.32 Å². The van der Waals surface area contributed by atoms with Gasteiger partial charge in [0.1, 0.15) is 0 Å². The maximum Gasteiger partial charge on any atom is 0.0681 e. The zero-order chi connectivity index (χ0) is 22.3. The first kappa shape index (κ1) is 28.1. The molecule has 29 heavy (non-hydrogen) atoms. The van der Waals surface area contributed by atoms with Gasteiger partial charge in [-0.3, -0.25) is 0 Å². The highest BCUT2D eigenvalue weighted by atomic mass is 16.5. The second-order valence-electron chi connectivity index (χ2n) is 8.70. The van der Waals surface area contributed by atoms with Gasteiger partial charge in [-0.2, -0.15) is 0 Å². The Morgan fingerprint density at radius 2 is 1.59 bits per heavy atom. The second kappa shape index (κ2) is 15.0. The largest absolute Gasteiger partial charge is 0.392 e. The van der Waals surface area contributed by atoms with Crippen LogP contribution < -0.4 is 5.32 Å². The van der Waals surface area contributed by atoms with Crippen LogP contribution in [-0.4, -0.2) is 22.9 Å². The lowest BCUT2D eigenvalue weighted by atomic mass is 9.90. The molecule has 0 radical (unpaired) electrons. The molecule has 0 saturated carbocycles. The molecule has 1 rings (SSSR count). The normalized spacial score (nSPS) is 16.3. The Bertz CT molecular complexity index is 522. The van der Waals surface area contributed by atoms with Crippen molar-refractivity contribution >= 4 is 0 Å². The predicted molar refractivity (Wildman–Crippen MR) is 129 cm³/mol. The Balaban J connectivity index is 0. The molecule has 3 atom stereocenters. The van der Waals surface area contributed by atoms with Crippen molar-refractivity contribution in [3.05, 3.63) is 35.4 Å². The third-order valence-corrected chi connectivity index (χ3v) is 6.42. The van der Waals surface area contributed by atoms with Gasteiger partial charge in [-0.15, -0.1) is 0 Å². The maximum atomic E-state index is 9.16. The van der Waals surface area contributed by atoms with Gasteiger partial charge in [-0.1, -0.05) is 72.2 Å².